The Labute approximate surface area is 232 Å². The lowest BCUT2D eigenvalue weighted by Crippen LogP contribution is -2.32. The Morgan fingerprint density at radius 3 is 2.24 bits per heavy atom. The summed E-state index contributed by atoms with van der Waals surface area (Å²) >= 11 is 6.28. The van der Waals surface area contributed by atoms with E-state index in [-0.39, 0.29) is 27.2 Å². The Hall–Kier alpha value is -3.63. The van der Waals surface area contributed by atoms with Crippen molar-refractivity contribution >= 4 is 61.7 Å². The minimum Gasteiger partial charge on any atom is -0.506 e. The number of benzene rings is 3. The van der Waals surface area contributed by atoms with E-state index in [4.69, 9.17) is 0 Å². The molecule has 0 aromatic heterocycles. The number of anilines is 1. The summed E-state index contributed by atoms with van der Waals surface area (Å²) in [4.78, 5) is 28.0. The van der Waals surface area contributed by atoms with Crippen molar-refractivity contribution in [2.45, 2.75) is 13.8 Å². The normalized spacial score (nSPS) is 11.4. The minimum atomic E-state index is -0.662. The number of hydrogen-bond acceptors (Lipinski definition) is 6. The highest BCUT2D eigenvalue weighted by atomic mass is 79.9. The molecule has 3 rings (SSSR count). The largest absolute Gasteiger partial charge is 0.506 e. The molecular weight excluding hydrogens is 604 g/mol. The van der Waals surface area contributed by atoms with Crippen LogP contribution in [0.1, 0.15) is 35.3 Å². The molecule has 8 nitrogen and oxygen atoms in total. The lowest BCUT2D eigenvalue weighted by atomic mass is 10.1. The number of carbonyl (C=O) groups is 2. The number of phenols is 2. The molecule has 3 aromatic carbocycles. The standard InChI is InChI=1S/C27H26Br2N4O4/c1-3-33(4-2)20-12-10-17(11-13-20)14-22(31-26(36)18-8-6-5-7-9-18)27(37)32-30-16-19-15-21(28)25(35)23(29)24(19)34/h5-16,34-35H,3-4H2,1-2H3,(H,31,36)(H,32,37)/b22-14-,30-16?. The Bertz CT molecular complexity index is 1320. The van der Waals surface area contributed by atoms with Gasteiger partial charge in [0.1, 0.15) is 21.7 Å². The fourth-order valence-corrected chi connectivity index (χ4v) is 4.57. The van der Waals surface area contributed by atoms with Crippen LogP contribution in [0.25, 0.3) is 6.08 Å². The Morgan fingerprint density at radius 1 is 0.973 bits per heavy atom. The predicted octanol–water partition coefficient (Wildman–Crippen LogP) is 5.39. The van der Waals surface area contributed by atoms with Crippen LogP contribution in [0.3, 0.4) is 0 Å². The topological polar surface area (TPSA) is 114 Å². The van der Waals surface area contributed by atoms with Crippen molar-refractivity contribution < 1.29 is 19.8 Å². The van der Waals surface area contributed by atoms with Crippen LogP contribution in [0.5, 0.6) is 11.5 Å². The molecule has 0 saturated heterocycles. The summed E-state index contributed by atoms with van der Waals surface area (Å²) in [5.74, 6) is -1.53. The molecule has 2 amide bonds. The highest BCUT2D eigenvalue weighted by Crippen LogP contribution is 2.40. The van der Waals surface area contributed by atoms with Gasteiger partial charge in [0, 0.05) is 29.9 Å². The number of amides is 2. The predicted molar refractivity (Wildman–Crippen MR) is 153 cm³/mol. The van der Waals surface area contributed by atoms with Crippen LogP contribution in [0, 0.1) is 0 Å². The van der Waals surface area contributed by atoms with E-state index < -0.39 is 11.8 Å². The van der Waals surface area contributed by atoms with Crippen molar-refractivity contribution in [2.24, 2.45) is 5.10 Å². The van der Waals surface area contributed by atoms with Gasteiger partial charge in [0.15, 0.2) is 0 Å². The third-order valence-electron chi connectivity index (χ3n) is 5.43. The van der Waals surface area contributed by atoms with Crippen LogP contribution in [0.4, 0.5) is 5.69 Å². The summed E-state index contributed by atoms with van der Waals surface area (Å²) in [6.07, 6.45) is 2.78. The second kappa shape index (κ2) is 13.1. The maximum atomic E-state index is 13.0. The molecule has 37 heavy (non-hydrogen) atoms. The van der Waals surface area contributed by atoms with Crippen LogP contribution >= 0.6 is 31.9 Å². The number of halogens is 2. The second-order valence-electron chi connectivity index (χ2n) is 7.80. The molecule has 0 atom stereocenters. The molecule has 192 valence electrons. The first-order chi connectivity index (χ1) is 17.7. The van der Waals surface area contributed by atoms with Crippen molar-refractivity contribution in [3.05, 3.63) is 92.0 Å². The van der Waals surface area contributed by atoms with Gasteiger partial charge in [-0.25, -0.2) is 5.43 Å². The molecule has 0 aliphatic heterocycles. The molecule has 0 aliphatic carbocycles. The van der Waals surface area contributed by atoms with Gasteiger partial charge in [-0.2, -0.15) is 5.10 Å². The second-order valence-corrected chi connectivity index (χ2v) is 9.45. The number of carbonyl (C=O) groups excluding carboxylic acids is 2. The third kappa shape index (κ3) is 7.21. The summed E-state index contributed by atoms with van der Waals surface area (Å²) in [7, 11) is 0. The molecule has 0 saturated carbocycles. The van der Waals surface area contributed by atoms with Gasteiger partial charge in [-0.1, -0.05) is 30.3 Å². The number of nitrogens with zero attached hydrogens (tertiary/aromatic N) is 2. The Balaban J connectivity index is 1.86. The van der Waals surface area contributed by atoms with E-state index in [1.54, 1.807) is 36.4 Å². The number of phenolic OH excluding ortho intramolecular Hbond substituents is 2. The molecule has 4 N–H and O–H groups in total. The average molecular weight is 630 g/mol. The lowest BCUT2D eigenvalue weighted by molar-refractivity contribution is -0.117. The first kappa shape index (κ1) is 27.9. The van der Waals surface area contributed by atoms with Crippen LogP contribution in [0.15, 0.2) is 80.4 Å². The molecular formula is C27H26Br2N4O4. The highest BCUT2D eigenvalue weighted by molar-refractivity contribution is 9.11. The summed E-state index contributed by atoms with van der Waals surface area (Å²) in [6.45, 7) is 5.89. The van der Waals surface area contributed by atoms with Crippen LogP contribution in [0.2, 0.25) is 0 Å². The van der Waals surface area contributed by atoms with Crippen molar-refractivity contribution in [2.75, 3.05) is 18.0 Å². The van der Waals surface area contributed by atoms with E-state index >= 15 is 0 Å². The fourth-order valence-electron chi connectivity index (χ4n) is 3.42. The van der Waals surface area contributed by atoms with Crippen LogP contribution in [-0.2, 0) is 4.79 Å². The zero-order valence-corrected chi connectivity index (χ0v) is 23.4. The summed E-state index contributed by atoms with van der Waals surface area (Å²) in [5.41, 5.74) is 4.75. The van der Waals surface area contributed by atoms with E-state index in [2.05, 4.69) is 66.5 Å². The van der Waals surface area contributed by atoms with Crippen LogP contribution in [-0.4, -0.2) is 41.3 Å². The molecule has 0 radical (unpaired) electrons. The lowest BCUT2D eigenvalue weighted by Gasteiger charge is -2.21. The first-order valence-corrected chi connectivity index (χ1v) is 13.0. The van der Waals surface area contributed by atoms with Gasteiger partial charge >= 0.3 is 0 Å². The van der Waals surface area contributed by atoms with Gasteiger partial charge in [0.05, 0.1) is 10.7 Å². The molecule has 0 heterocycles. The van der Waals surface area contributed by atoms with Crippen molar-refractivity contribution in [3.63, 3.8) is 0 Å². The fraction of sp³-hybridized carbons (Fsp3) is 0.148. The molecule has 3 aromatic rings. The zero-order chi connectivity index (χ0) is 26.9. The number of hydrazone groups is 1. The van der Waals surface area contributed by atoms with Gasteiger partial charge in [0.2, 0.25) is 0 Å². The van der Waals surface area contributed by atoms with E-state index in [1.807, 2.05) is 24.3 Å². The van der Waals surface area contributed by atoms with Crippen LogP contribution < -0.4 is 15.6 Å². The maximum absolute atomic E-state index is 13.0. The van der Waals surface area contributed by atoms with Crippen molar-refractivity contribution in [3.8, 4) is 11.5 Å². The number of nitrogens with one attached hydrogen (secondary N) is 2. The molecule has 0 bridgehead atoms. The van der Waals surface area contributed by atoms with E-state index in [0.29, 0.717) is 15.6 Å². The van der Waals surface area contributed by atoms with Crippen molar-refractivity contribution in [1.29, 1.82) is 0 Å². The van der Waals surface area contributed by atoms with Crippen molar-refractivity contribution in [1.82, 2.24) is 10.7 Å². The number of aromatic hydroxyl groups is 2. The van der Waals surface area contributed by atoms with E-state index in [9.17, 15) is 19.8 Å². The van der Waals surface area contributed by atoms with Gasteiger partial charge < -0.3 is 20.4 Å². The third-order valence-corrected chi connectivity index (χ3v) is 6.78. The number of hydrogen-bond donors (Lipinski definition) is 4. The maximum Gasteiger partial charge on any atom is 0.287 e. The molecule has 0 fully saturated rings. The van der Waals surface area contributed by atoms with E-state index in [0.717, 1.165) is 18.8 Å². The van der Waals surface area contributed by atoms with Gasteiger partial charge in [0.25, 0.3) is 11.8 Å². The highest BCUT2D eigenvalue weighted by Gasteiger charge is 2.16. The molecule has 0 aliphatic rings. The van der Waals surface area contributed by atoms with Gasteiger partial charge in [-0.05, 0) is 87.7 Å². The summed E-state index contributed by atoms with van der Waals surface area (Å²) < 4.78 is 0.410. The molecule has 10 heteroatoms. The summed E-state index contributed by atoms with van der Waals surface area (Å²) in [6, 6.07) is 17.6. The summed E-state index contributed by atoms with van der Waals surface area (Å²) in [5, 5.41) is 26.6. The van der Waals surface area contributed by atoms with Gasteiger partial charge in [-0.3, -0.25) is 9.59 Å². The molecule has 0 unspecified atom stereocenters. The average Bonchev–Trinajstić information content (AvgIpc) is 2.91. The van der Waals surface area contributed by atoms with E-state index in [1.165, 1.54) is 12.3 Å². The number of rotatable bonds is 9. The minimum absolute atomic E-state index is 0.0149. The van der Waals surface area contributed by atoms with Gasteiger partial charge in [-0.15, -0.1) is 0 Å². The SMILES string of the molecule is CCN(CC)c1ccc(/C=C(\NC(=O)c2ccccc2)C(=O)NN=Cc2cc(Br)c(O)c(Br)c2O)cc1. The monoisotopic (exact) mass is 628 g/mol. The first-order valence-electron chi connectivity index (χ1n) is 11.4. The smallest absolute Gasteiger partial charge is 0.287 e. The zero-order valence-electron chi connectivity index (χ0n) is 20.2. The Kier molecular flexibility index (Phi) is 9.87. The Morgan fingerprint density at radius 2 is 1.62 bits per heavy atom. The molecule has 0 spiro atoms. The quantitative estimate of drug-likeness (QED) is 0.144.